The summed E-state index contributed by atoms with van der Waals surface area (Å²) >= 11 is 0. The lowest BCUT2D eigenvalue weighted by Gasteiger charge is -2.16. The molecule has 0 spiro atoms. The summed E-state index contributed by atoms with van der Waals surface area (Å²) in [5.41, 5.74) is 1.63. The van der Waals surface area contributed by atoms with Gasteiger partial charge in [0.15, 0.2) is 0 Å². The molecule has 0 aliphatic heterocycles. The van der Waals surface area contributed by atoms with E-state index in [0.29, 0.717) is 0 Å². The minimum Gasteiger partial charge on any atom is -0.466 e. The predicted molar refractivity (Wildman–Crippen MR) is 106 cm³/mol. The van der Waals surface area contributed by atoms with Crippen LogP contribution in [0.25, 0.3) is 0 Å². The first kappa shape index (κ1) is 21.7. The highest BCUT2D eigenvalue weighted by Crippen LogP contribution is 2.06. The number of benzene rings is 2. The fourth-order valence-electron chi connectivity index (χ4n) is 2.32. The third-order valence-corrected chi connectivity index (χ3v) is 3.84. The summed E-state index contributed by atoms with van der Waals surface area (Å²) in [6.45, 7) is 0.133. The molecule has 29 heavy (non-hydrogen) atoms. The van der Waals surface area contributed by atoms with Gasteiger partial charge in [0.25, 0.3) is 0 Å². The van der Waals surface area contributed by atoms with Gasteiger partial charge in [-0.25, -0.2) is 14.4 Å². The van der Waals surface area contributed by atoms with Crippen molar-refractivity contribution in [3.05, 3.63) is 83.9 Å². The third-order valence-electron chi connectivity index (χ3n) is 3.84. The maximum absolute atomic E-state index is 12.4. The Morgan fingerprint density at radius 3 is 2.00 bits per heavy atom. The first-order valence-corrected chi connectivity index (χ1v) is 9.00. The normalized spacial score (nSPS) is 11.5. The highest BCUT2D eigenvalue weighted by Gasteiger charge is 2.22. The molecule has 0 unspecified atom stereocenters. The zero-order valence-electron chi connectivity index (χ0n) is 16.1. The van der Waals surface area contributed by atoms with E-state index < -0.39 is 24.1 Å². The van der Waals surface area contributed by atoms with Crippen molar-refractivity contribution in [2.75, 3.05) is 7.11 Å². The van der Waals surface area contributed by atoms with Crippen LogP contribution in [-0.2, 0) is 37.0 Å². The molecule has 0 saturated carbocycles. The fourth-order valence-corrected chi connectivity index (χ4v) is 2.32. The number of nitrogens with one attached hydrogen (secondary N) is 1. The van der Waals surface area contributed by atoms with Crippen LogP contribution in [0.4, 0.5) is 4.79 Å². The van der Waals surface area contributed by atoms with Gasteiger partial charge < -0.3 is 19.5 Å². The van der Waals surface area contributed by atoms with Crippen molar-refractivity contribution in [2.45, 2.75) is 25.7 Å². The van der Waals surface area contributed by atoms with Gasteiger partial charge in [0.2, 0.25) is 0 Å². The molecule has 0 heterocycles. The molecule has 2 aromatic carbocycles. The molecule has 0 saturated heterocycles. The molecule has 152 valence electrons. The molecule has 0 bridgehead atoms. The van der Waals surface area contributed by atoms with Crippen LogP contribution in [0.5, 0.6) is 0 Å². The van der Waals surface area contributed by atoms with Crippen LogP contribution in [0.1, 0.15) is 17.5 Å². The van der Waals surface area contributed by atoms with Gasteiger partial charge in [0.05, 0.1) is 7.11 Å². The Kier molecular flexibility index (Phi) is 8.95. The molecule has 1 amide bonds. The minimum atomic E-state index is -1.01. The van der Waals surface area contributed by atoms with E-state index in [1.807, 2.05) is 60.7 Å². The lowest BCUT2D eigenvalue weighted by atomic mass is 10.2. The number of esters is 2. The summed E-state index contributed by atoms with van der Waals surface area (Å²) in [5, 5.41) is 2.48. The van der Waals surface area contributed by atoms with Crippen LogP contribution in [0, 0.1) is 0 Å². The van der Waals surface area contributed by atoms with Gasteiger partial charge in [0.1, 0.15) is 19.3 Å². The molecule has 2 rings (SSSR count). The largest absolute Gasteiger partial charge is 0.466 e. The molecular weight excluding hydrogens is 374 g/mol. The number of ether oxygens (including phenoxy) is 3. The third kappa shape index (κ3) is 8.30. The van der Waals surface area contributed by atoms with Gasteiger partial charge >= 0.3 is 18.0 Å². The van der Waals surface area contributed by atoms with E-state index in [-0.39, 0.29) is 19.6 Å². The molecule has 0 aromatic heterocycles. The maximum atomic E-state index is 12.4. The van der Waals surface area contributed by atoms with E-state index in [0.717, 1.165) is 11.1 Å². The Balaban J connectivity index is 1.93. The van der Waals surface area contributed by atoms with Gasteiger partial charge in [0, 0.05) is 6.08 Å². The second kappa shape index (κ2) is 12.0. The Hall–Kier alpha value is -3.61. The SMILES string of the molecule is COC(=O)/C=C/C[C@H](NC(=O)OCc1ccccc1)C(=O)OCc1ccccc1. The lowest BCUT2D eigenvalue weighted by molar-refractivity contribution is -0.147. The topological polar surface area (TPSA) is 90.9 Å². The second-order valence-corrected chi connectivity index (χ2v) is 6.01. The number of carbonyl (C=O) groups is 3. The smallest absolute Gasteiger partial charge is 0.408 e. The highest BCUT2D eigenvalue weighted by molar-refractivity contribution is 5.83. The van der Waals surface area contributed by atoms with Crippen LogP contribution >= 0.6 is 0 Å². The van der Waals surface area contributed by atoms with E-state index in [1.165, 1.54) is 19.3 Å². The van der Waals surface area contributed by atoms with Gasteiger partial charge in [-0.3, -0.25) is 0 Å². The summed E-state index contributed by atoms with van der Waals surface area (Å²) in [4.78, 5) is 35.7. The Labute approximate surface area is 169 Å². The minimum absolute atomic E-state index is 0.0448. The average molecular weight is 397 g/mol. The molecular formula is C22H23NO6. The molecule has 7 heteroatoms. The molecule has 1 atom stereocenters. The van der Waals surface area contributed by atoms with Crippen molar-refractivity contribution in [1.82, 2.24) is 5.32 Å². The Morgan fingerprint density at radius 1 is 0.897 bits per heavy atom. The van der Waals surface area contributed by atoms with Crippen LogP contribution in [0.3, 0.4) is 0 Å². The van der Waals surface area contributed by atoms with E-state index >= 15 is 0 Å². The molecule has 0 radical (unpaired) electrons. The monoisotopic (exact) mass is 397 g/mol. The van der Waals surface area contributed by atoms with Crippen molar-refractivity contribution in [3.8, 4) is 0 Å². The standard InChI is InChI=1S/C22H23NO6/c1-27-20(24)14-8-13-19(21(25)28-15-17-9-4-2-5-10-17)23-22(26)29-16-18-11-6-3-7-12-18/h2-12,14,19H,13,15-16H2,1H3,(H,23,26)/b14-8+/t19-/m0/s1. The zero-order valence-corrected chi connectivity index (χ0v) is 16.1. The summed E-state index contributed by atoms with van der Waals surface area (Å²) in [6.07, 6.45) is 1.89. The first-order valence-electron chi connectivity index (χ1n) is 9.00. The van der Waals surface area contributed by atoms with Crippen molar-refractivity contribution in [2.24, 2.45) is 0 Å². The number of methoxy groups -OCH3 is 1. The molecule has 1 N–H and O–H groups in total. The van der Waals surface area contributed by atoms with E-state index in [4.69, 9.17) is 9.47 Å². The number of alkyl carbamates (subject to hydrolysis) is 1. The number of rotatable bonds is 9. The number of amides is 1. The molecule has 2 aromatic rings. The van der Waals surface area contributed by atoms with Crippen LogP contribution in [0.15, 0.2) is 72.8 Å². The van der Waals surface area contributed by atoms with Gasteiger partial charge in [-0.15, -0.1) is 0 Å². The van der Waals surface area contributed by atoms with Crippen LogP contribution < -0.4 is 5.32 Å². The first-order chi connectivity index (χ1) is 14.1. The predicted octanol–water partition coefficient (Wildman–Crippen LogP) is 3.14. The van der Waals surface area contributed by atoms with Gasteiger partial charge in [-0.05, 0) is 17.5 Å². The Bertz CT molecular complexity index is 820. The summed E-state index contributed by atoms with van der Waals surface area (Å²) in [6, 6.07) is 17.3. The Morgan fingerprint density at radius 2 is 1.45 bits per heavy atom. The van der Waals surface area contributed by atoms with Crippen molar-refractivity contribution < 1.29 is 28.6 Å². The molecule has 0 fully saturated rings. The quantitative estimate of drug-likeness (QED) is 0.397. The number of hydrogen-bond donors (Lipinski definition) is 1. The molecule has 0 aliphatic rings. The van der Waals surface area contributed by atoms with Crippen molar-refractivity contribution >= 4 is 18.0 Å². The second-order valence-electron chi connectivity index (χ2n) is 6.01. The van der Waals surface area contributed by atoms with Crippen molar-refractivity contribution in [1.29, 1.82) is 0 Å². The van der Waals surface area contributed by atoms with E-state index in [9.17, 15) is 14.4 Å². The van der Waals surface area contributed by atoms with E-state index in [1.54, 1.807) is 0 Å². The van der Waals surface area contributed by atoms with E-state index in [2.05, 4.69) is 10.1 Å². The van der Waals surface area contributed by atoms with Gasteiger partial charge in [-0.2, -0.15) is 0 Å². The summed E-state index contributed by atoms with van der Waals surface area (Å²) in [5.74, 6) is -1.20. The summed E-state index contributed by atoms with van der Waals surface area (Å²) in [7, 11) is 1.25. The van der Waals surface area contributed by atoms with Crippen LogP contribution in [-0.4, -0.2) is 31.2 Å². The van der Waals surface area contributed by atoms with Crippen LogP contribution in [0.2, 0.25) is 0 Å². The van der Waals surface area contributed by atoms with Gasteiger partial charge in [-0.1, -0.05) is 66.7 Å². The average Bonchev–Trinajstić information content (AvgIpc) is 2.76. The summed E-state index contributed by atoms with van der Waals surface area (Å²) < 4.78 is 14.9. The highest BCUT2D eigenvalue weighted by atomic mass is 16.6. The van der Waals surface area contributed by atoms with Crippen molar-refractivity contribution in [3.63, 3.8) is 0 Å². The lowest BCUT2D eigenvalue weighted by Crippen LogP contribution is -2.41. The number of hydrogen-bond acceptors (Lipinski definition) is 6. The molecule has 0 aliphatic carbocycles. The molecule has 7 nitrogen and oxygen atoms in total. The zero-order chi connectivity index (χ0) is 20.9. The maximum Gasteiger partial charge on any atom is 0.408 e. The number of carbonyl (C=O) groups excluding carboxylic acids is 3. The fraction of sp³-hybridized carbons (Fsp3) is 0.227.